The number of hydrogen-bond donors (Lipinski definition) is 1. The van der Waals surface area contributed by atoms with Crippen molar-refractivity contribution in [1.82, 2.24) is 10.2 Å². The second-order valence-electron chi connectivity index (χ2n) is 6.10. The molecule has 2 aliphatic rings. The molecule has 1 aliphatic carbocycles. The van der Waals surface area contributed by atoms with Gasteiger partial charge in [-0.3, -0.25) is 14.5 Å². The summed E-state index contributed by atoms with van der Waals surface area (Å²) in [5, 5.41) is 3.25. The minimum atomic E-state index is 0.0137. The number of carbonyl (C=O) groups is 2. The molecule has 1 spiro atoms. The summed E-state index contributed by atoms with van der Waals surface area (Å²) in [6.07, 6.45) is 7.99. The first-order valence-electron chi connectivity index (χ1n) is 7.71. The molecule has 4 nitrogen and oxygen atoms in total. The maximum absolute atomic E-state index is 12.2. The standard InChI is InChI=1S/C15H26N2O2/c1-2-8-16-9-10-17-13(18)11-15(12-14(17)19)6-4-3-5-7-15/h16H,2-12H2,1H3. The maximum atomic E-state index is 12.2. The third-order valence-corrected chi connectivity index (χ3v) is 4.51. The molecule has 1 saturated carbocycles. The van der Waals surface area contributed by atoms with Crippen molar-refractivity contribution in [2.75, 3.05) is 19.6 Å². The maximum Gasteiger partial charge on any atom is 0.229 e. The van der Waals surface area contributed by atoms with Gasteiger partial charge in [0.15, 0.2) is 0 Å². The molecule has 4 heteroatoms. The van der Waals surface area contributed by atoms with Crippen molar-refractivity contribution in [3.63, 3.8) is 0 Å². The van der Waals surface area contributed by atoms with Gasteiger partial charge in [-0.1, -0.05) is 26.2 Å². The van der Waals surface area contributed by atoms with Crippen LogP contribution in [0.2, 0.25) is 0 Å². The predicted molar refractivity (Wildman–Crippen MR) is 74.6 cm³/mol. The van der Waals surface area contributed by atoms with Crippen LogP contribution in [0, 0.1) is 5.41 Å². The van der Waals surface area contributed by atoms with Crippen molar-refractivity contribution in [1.29, 1.82) is 0 Å². The van der Waals surface area contributed by atoms with E-state index < -0.39 is 0 Å². The van der Waals surface area contributed by atoms with Crippen molar-refractivity contribution < 1.29 is 9.59 Å². The quantitative estimate of drug-likeness (QED) is 0.612. The van der Waals surface area contributed by atoms with Crippen LogP contribution in [-0.4, -0.2) is 36.3 Å². The Morgan fingerprint density at radius 1 is 1.05 bits per heavy atom. The highest BCUT2D eigenvalue weighted by Crippen LogP contribution is 2.45. The molecule has 1 N–H and O–H groups in total. The second-order valence-corrected chi connectivity index (χ2v) is 6.10. The monoisotopic (exact) mass is 266 g/mol. The molecule has 1 aliphatic heterocycles. The Hall–Kier alpha value is -0.900. The summed E-state index contributed by atoms with van der Waals surface area (Å²) < 4.78 is 0. The first-order chi connectivity index (χ1) is 9.17. The average molecular weight is 266 g/mol. The molecule has 108 valence electrons. The van der Waals surface area contributed by atoms with E-state index in [2.05, 4.69) is 12.2 Å². The van der Waals surface area contributed by atoms with E-state index in [4.69, 9.17) is 0 Å². The van der Waals surface area contributed by atoms with Crippen molar-refractivity contribution in [2.45, 2.75) is 58.3 Å². The zero-order valence-electron chi connectivity index (χ0n) is 12.0. The highest BCUT2D eigenvalue weighted by Gasteiger charge is 2.43. The molecule has 0 aromatic carbocycles. The van der Waals surface area contributed by atoms with E-state index >= 15 is 0 Å². The highest BCUT2D eigenvalue weighted by atomic mass is 16.2. The number of rotatable bonds is 5. The largest absolute Gasteiger partial charge is 0.315 e. The molecule has 0 radical (unpaired) electrons. The molecule has 0 bridgehead atoms. The third-order valence-electron chi connectivity index (χ3n) is 4.51. The van der Waals surface area contributed by atoms with Crippen LogP contribution in [0.3, 0.4) is 0 Å². The van der Waals surface area contributed by atoms with Crippen molar-refractivity contribution >= 4 is 11.8 Å². The van der Waals surface area contributed by atoms with Gasteiger partial charge in [-0.2, -0.15) is 0 Å². The van der Waals surface area contributed by atoms with Gasteiger partial charge in [0.25, 0.3) is 0 Å². The first kappa shape index (κ1) is 14.5. The number of nitrogens with one attached hydrogen (secondary N) is 1. The van der Waals surface area contributed by atoms with Crippen LogP contribution in [0.25, 0.3) is 0 Å². The molecule has 19 heavy (non-hydrogen) atoms. The highest BCUT2D eigenvalue weighted by molar-refractivity contribution is 5.98. The number of hydrogen-bond acceptors (Lipinski definition) is 3. The minimum absolute atomic E-state index is 0.0137. The lowest BCUT2D eigenvalue weighted by Crippen LogP contribution is -2.50. The Balaban J connectivity index is 1.87. The van der Waals surface area contributed by atoms with Gasteiger partial charge in [0, 0.05) is 25.9 Å². The first-order valence-corrected chi connectivity index (χ1v) is 7.71. The summed E-state index contributed by atoms with van der Waals surface area (Å²) >= 11 is 0. The van der Waals surface area contributed by atoms with E-state index in [-0.39, 0.29) is 17.2 Å². The lowest BCUT2D eigenvalue weighted by atomic mass is 9.67. The Labute approximate surface area is 115 Å². The molecule has 1 saturated heterocycles. The van der Waals surface area contributed by atoms with E-state index in [1.165, 1.54) is 24.2 Å². The van der Waals surface area contributed by atoms with E-state index in [1.54, 1.807) is 0 Å². The molecule has 0 aromatic heterocycles. The van der Waals surface area contributed by atoms with Gasteiger partial charge in [-0.05, 0) is 31.2 Å². The topological polar surface area (TPSA) is 49.4 Å². The lowest BCUT2D eigenvalue weighted by molar-refractivity contribution is -0.154. The Morgan fingerprint density at radius 3 is 2.26 bits per heavy atom. The fraction of sp³-hybridized carbons (Fsp3) is 0.867. The number of likely N-dealkylation sites (tertiary alicyclic amines) is 1. The summed E-state index contributed by atoms with van der Waals surface area (Å²) in [5.74, 6) is 0.105. The molecule has 0 unspecified atom stereocenters. The van der Waals surface area contributed by atoms with Crippen LogP contribution in [0.5, 0.6) is 0 Å². The smallest absolute Gasteiger partial charge is 0.229 e. The number of piperidine rings is 1. The molecular weight excluding hydrogens is 240 g/mol. The molecule has 0 atom stereocenters. The molecule has 1 heterocycles. The second kappa shape index (κ2) is 6.51. The minimum Gasteiger partial charge on any atom is -0.315 e. The summed E-state index contributed by atoms with van der Waals surface area (Å²) in [6.45, 7) is 4.31. The zero-order chi connectivity index (χ0) is 13.7. The molecule has 0 aromatic rings. The van der Waals surface area contributed by atoms with Gasteiger partial charge in [0.1, 0.15) is 0 Å². The van der Waals surface area contributed by atoms with Crippen molar-refractivity contribution in [3.05, 3.63) is 0 Å². The summed E-state index contributed by atoms with van der Waals surface area (Å²) in [4.78, 5) is 25.9. The van der Waals surface area contributed by atoms with Crippen LogP contribution in [0.1, 0.15) is 58.3 Å². The number of amides is 2. The van der Waals surface area contributed by atoms with Gasteiger partial charge in [-0.15, -0.1) is 0 Å². The van der Waals surface area contributed by atoms with Crippen LogP contribution in [-0.2, 0) is 9.59 Å². The van der Waals surface area contributed by atoms with Gasteiger partial charge in [-0.25, -0.2) is 0 Å². The Bertz CT molecular complexity index is 315. The van der Waals surface area contributed by atoms with Crippen molar-refractivity contribution in [2.24, 2.45) is 5.41 Å². The van der Waals surface area contributed by atoms with Crippen LogP contribution >= 0.6 is 0 Å². The molecule has 2 fully saturated rings. The fourth-order valence-electron chi connectivity index (χ4n) is 3.43. The van der Waals surface area contributed by atoms with E-state index in [9.17, 15) is 9.59 Å². The molecule has 2 rings (SSSR count). The van der Waals surface area contributed by atoms with Crippen molar-refractivity contribution in [3.8, 4) is 0 Å². The Kier molecular flexibility index (Phi) is 4.97. The van der Waals surface area contributed by atoms with E-state index in [0.717, 1.165) is 32.4 Å². The van der Waals surface area contributed by atoms with E-state index in [0.29, 0.717) is 19.4 Å². The third kappa shape index (κ3) is 3.56. The average Bonchev–Trinajstić information content (AvgIpc) is 2.38. The van der Waals surface area contributed by atoms with E-state index in [1.807, 2.05) is 0 Å². The number of nitrogens with zero attached hydrogens (tertiary/aromatic N) is 1. The van der Waals surface area contributed by atoms with Gasteiger partial charge < -0.3 is 5.32 Å². The normalized spacial score (nSPS) is 23.1. The molecular formula is C15H26N2O2. The SMILES string of the molecule is CCCNCCN1C(=O)CC2(CCCCC2)CC1=O. The van der Waals surface area contributed by atoms with Gasteiger partial charge in [0.2, 0.25) is 11.8 Å². The summed E-state index contributed by atoms with van der Waals surface area (Å²) in [5.41, 5.74) is 0.0137. The van der Waals surface area contributed by atoms with Crippen LogP contribution in [0.15, 0.2) is 0 Å². The lowest BCUT2D eigenvalue weighted by Gasteiger charge is -2.42. The van der Waals surface area contributed by atoms with Gasteiger partial charge >= 0.3 is 0 Å². The fourth-order valence-corrected chi connectivity index (χ4v) is 3.43. The summed E-state index contributed by atoms with van der Waals surface area (Å²) in [7, 11) is 0. The van der Waals surface area contributed by atoms with Crippen LogP contribution < -0.4 is 5.32 Å². The molecule has 2 amide bonds. The zero-order valence-corrected chi connectivity index (χ0v) is 12.0. The number of carbonyl (C=O) groups excluding carboxylic acids is 2. The van der Waals surface area contributed by atoms with Gasteiger partial charge in [0.05, 0.1) is 0 Å². The number of imide groups is 1. The predicted octanol–water partition coefficient (Wildman–Crippen LogP) is 2.09. The summed E-state index contributed by atoms with van der Waals surface area (Å²) in [6, 6.07) is 0. The van der Waals surface area contributed by atoms with Crippen LogP contribution in [0.4, 0.5) is 0 Å². The Morgan fingerprint density at radius 2 is 1.68 bits per heavy atom.